The number of nitro benzene ring substituents is 6. The second kappa shape index (κ2) is 50.8. The van der Waals surface area contributed by atoms with Gasteiger partial charge in [-0.1, -0.05) is 0 Å². The lowest BCUT2D eigenvalue weighted by atomic mass is 10.1. The number of hydrogen-bond donors (Lipinski definition) is 23. The molecule has 0 saturated heterocycles. The number of aromatic carboxylic acids is 1. The molecule has 62 heteroatoms. The molecule has 1 saturated carbocycles. The number of aliphatic hydroxyl groups excluding tert-OH is 6. The highest BCUT2D eigenvalue weighted by atomic mass is 16.7. The summed E-state index contributed by atoms with van der Waals surface area (Å²) in [5, 5.41) is 305. The van der Waals surface area contributed by atoms with Gasteiger partial charge in [-0.05, 0) is 68.3 Å². The quantitative estimate of drug-likeness (QED) is 0.00628. The topological polar surface area (TPSA) is 1040 Å². The summed E-state index contributed by atoms with van der Waals surface area (Å²) in [5.41, 5.74) is -10.9. The van der Waals surface area contributed by atoms with Gasteiger partial charge in [-0.15, -0.1) is 0 Å². The third-order valence-electron chi connectivity index (χ3n) is 18.0. The third kappa shape index (κ3) is 28.9. The minimum Gasteiger partial charge on any atom is -0.506 e. The monoisotopic (exact) mass is 2010 g/mol. The maximum Gasteiger partial charge on any atom is 0.356 e. The SMILES string of the molecule is CCNC(=O)/C(C#N)=C(\O)c1cc(O)c(O)c([N+](=O)[O-])c1.COc1cc(/C(O)=C(\C#N)C(=O)NCc2ccncn2)cc([N+](=O)[O-])c1O.N#C/C(=C(/O)c1cc(O)c(O)c([N+](=O)[O-])c1)c1cnc(C(=O)O)cn1.N#C/C(C(=O)NC1CC1)=C(/O)c1cc(O)c(O)c([N+](=O)[O-])c1.N#C/C(C(=O)NCc1ccncn1)=C(/O)c1cc(O)c(O)c([N+](=O)[O-])c1.N#C/C(C(=O)Nc1cnccn1)=C(/O)c1cc(O)c(O)c([N+](=O)[O-])c1. The van der Waals surface area contributed by atoms with Crippen LogP contribution in [0.15, 0.2) is 169 Å². The molecule has 1 aliphatic rings. The Labute approximate surface area is 809 Å². The molecule has 0 bridgehead atoms. The van der Waals surface area contributed by atoms with Gasteiger partial charge in [0.25, 0.3) is 29.5 Å². The predicted octanol–water partition coefficient (Wildman–Crippen LogP) is 6.80. The number of nitrogens with zero attached hydrogens (tertiary/aromatic N) is 20. The number of amides is 5. The first kappa shape index (κ1) is 111. The zero-order chi connectivity index (χ0) is 109. The number of nitro groups is 6. The molecule has 1 fully saturated rings. The number of aliphatic hydroxyl groups is 6. The van der Waals surface area contributed by atoms with Gasteiger partial charge < -0.3 is 123 Å². The van der Waals surface area contributed by atoms with Crippen molar-refractivity contribution in [1.82, 2.24) is 61.1 Å². The summed E-state index contributed by atoms with van der Waals surface area (Å²) < 4.78 is 4.82. The van der Waals surface area contributed by atoms with Crippen molar-refractivity contribution >= 4 is 116 Å². The molecule has 5 amide bonds. The van der Waals surface area contributed by atoms with Crippen molar-refractivity contribution in [3.8, 4) is 105 Å². The van der Waals surface area contributed by atoms with Crippen LogP contribution in [0.5, 0.6) is 69.0 Å². The zero-order valence-corrected chi connectivity index (χ0v) is 73.1. The van der Waals surface area contributed by atoms with Crippen LogP contribution in [-0.2, 0) is 37.1 Å². The minimum atomic E-state index is -1.34. The minimum absolute atomic E-state index is 0.00702. The number of carboxylic acid groups (broad SMARTS) is 1. The molecule has 0 radical (unpaired) electrons. The number of likely N-dealkylation sites (N-methyl/N-ethyl adjacent to an activating group) is 1. The summed E-state index contributed by atoms with van der Waals surface area (Å²) >= 11 is 0. The predicted molar refractivity (Wildman–Crippen MR) is 482 cm³/mol. The van der Waals surface area contributed by atoms with Crippen LogP contribution in [0.25, 0.3) is 40.1 Å². The number of hydrogen-bond acceptors (Lipinski definition) is 50. The Kier molecular flexibility index (Phi) is 38.8. The summed E-state index contributed by atoms with van der Waals surface area (Å²) in [6, 6.07) is 21.7. The number of carbonyl (C=O) groups excluding carboxylic acids is 5. The second-order valence-corrected chi connectivity index (χ2v) is 27.4. The van der Waals surface area contributed by atoms with Crippen molar-refractivity contribution in [2.24, 2.45) is 0 Å². The molecule has 0 unspecified atom stereocenters. The number of carboxylic acids is 1. The number of ether oxygens (including phenoxy) is 1. The highest BCUT2D eigenvalue weighted by Gasteiger charge is 2.33. The van der Waals surface area contributed by atoms with E-state index in [1.807, 2.05) is 0 Å². The van der Waals surface area contributed by atoms with Crippen LogP contribution in [0.3, 0.4) is 0 Å². The zero-order valence-electron chi connectivity index (χ0n) is 73.1. The van der Waals surface area contributed by atoms with Crippen molar-refractivity contribution in [3.63, 3.8) is 0 Å². The molecule has 0 atom stereocenters. The van der Waals surface area contributed by atoms with E-state index in [0.29, 0.717) is 17.5 Å². The second-order valence-electron chi connectivity index (χ2n) is 27.4. The molecule has 6 aromatic carbocycles. The van der Waals surface area contributed by atoms with Gasteiger partial charge in [-0.3, -0.25) is 94.6 Å². The summed E-state index contributed by atoms with van der Waals surface area (Å²) in [7, 11) is 1.16. The van der Waals surface area contributed by atoms with Gasteiger partial charge in [0.2, 0.25) is 34.5 Å². The van der Waals surface area contributed by atoms with E-state index in [-0.39, 0.29) is 70.8 Å². The van der Waals surface area contributed by atoms with Crippen LogP contribution in [-0.4, -0.2) is 217 Å². The first-order valence-electron chi connectivity index (χ1n) is 38.9. The number of methoxy groups -OCH3 is 1. The third-order valence-corrected chi connectivity index (χ3v) is 18.0. The molecule has 0 aliphatic heterocycles. The molecule has 11 rings (SSSR count). The summed E-state index contributed by atoms with van der Waals surface area (Å²) in [6.45, 7) is 1.72. The number of aromatic nitrogens is 8. The van der Waals surface area contributed by atoms with Crippen LogP contribution in [0.4, 0.5) is 39.9 Å². The van der Waals surface area contributed by atoms with Crippen molar-refractivity contribution < 1.29 is 155 Å². The smallest absolute Gasteiger partial charge is 0.356 e. The largest absolute Gasteiger partial charge is 0.506 e. The van der Waals surface area contributed by atoms with E-state index in [4.69, 9.17) is 30.9 Å². The van der Waals surface area contributed by atoms with Crippen LogP contribution in [0, 0.1) is 129 Å². The maximum atomic E-state index is 12.2. The highest BCUT2D eigenvalue weighted by molar-refractivity contribution is 6.11. The van der Waals surface area contributed by atoms with Crippen molar-refractivity contribution in [2.75, 3.05) is 19.0 Å². The van der Waals surface area contributed by atoms with E-state index >= 15 is 0 Å². The highest BCUT2D eigenvalue weighted by Crippen LogP contribution is 2.45. The van der Waals surface area contributed by atoms with E-state index < -0.39 is 242 Å². The molecule has 10 aromatic rings. The van der Waals surface area contributed by atoms with Gasteiger partial charge in [0.15, 0.2) is 73.9 Å². The molecule has 746 valence electrons. The van der Waals surface area contributed by atoms with E-state index in [2.05, 4.69) is 66.5 Å². The Balaban J connectivity index is 0.000000268. The van der Waals surface area contributed by atoms with Gasteiger partial charge >= 0.3 is 40.1 Å². The van der Waals surface area contributed by atoms with Gasteiger partial charge in [0.1, 0.15) is 94.9 Å². The van der Waals surface area contributed by atoms with E-state index in [0.717, 1.165) is 99.1 Å². The summed E-state index contributed by atoms with van der Waals surface area (Å²) in [6.07, 6.45) is 12.6. The van der Waals surface area contributed by atoms with Gasteiger partial charge in [0.05, 0.1) is 79.7 Å². The lowest BCUT2D eigenvalue weighted by molar-refractivity contribution is -0.386. The molecular formula is C84H63N25O37. The molecular weight excluding hydrogens is 1950 g/mol. The van der Waals surface area contributed by atoms with Crippen LogP contribution < -0.4 is 31.3 Å². The average Bonchev–Trinajstić information content (AvgIpc) is 1.33. The number of carbonyl (C=O) groups is 6. The van der Waals surface area contributed by atoms with Crippen LogP contribution in [0.2, 0.25) is 0 Å². The summed E-state index contributed by atoms with van der Waals surface area (Å²) in [5.74, 6) is -21.4. The first-order valence-corrected chi connectivity index (χ1v) is 38.9. The van der Waals surface area contributed by atoms with Crippen LogP contribution in [0.1, 0.15) is 80.7 Å². The number of anilines is 1. The Hall–Kier alpha value is -23.4. The number of rotatable bonds is 27. The summed E-state index contributed by atoms with van der Waals surface area (Å²) in [4.78, 5) is 160. The van der Waals surface area contributed by atoms with E-state index in [9.17, 15) is 187 Å². The Bertz CT molecular complexity index is 7380. The molecule has 23 N–H and O–H groups in total. The number of allylic oxidation sites excluding steroid dienone is 1. The van der Waals surface area contributed by atoms with Crippen LogP contribution >= 0.6 is 0 Å². The fourth-order valence-corrected chi connectivity index (χ4v) is 10.8. The van der Waals surface area contributed by atoms with Crippen molar-refractivity contribution in [2.45, 2.75) is 38.9 Å². The average molecular weight is 2010 g/mol. The Morgan fingerprint density at radius 2 is 0.678 bits per heavy atom. The lowest BCUT2D eigenvalue weighted by Crippen LogP contribution is -2.27. The molecule has 62 nitrogen and oxygen atoms in total. The number of phenolic OH excluding ortho intramolecular Hbond substituents is 11. The molecule has 4 aromatic heterocycles. The van der Waals surface area contributed by atoms with Gasteiger partial charge in [-0.25, -0.2) is 34.7 Å². The Morgan fingerprint density at radius 3 is 0.952 bits per heavy atom. The Morgan fingerprint density at radius 1 is 0.370 bits per heavy atom. The maximum absolute atomic E-state index is 12.2. The van der Waals surface area contributed by atoms with Gasteiger partial charge in [-0.2, -0.15) is 31.6 Å². The van der Waals surface area contributed by atoms with E-state index in [1.165, 1.54) is 74.0 Å². The molecule has 146 heavy (non-hydrogen) atoms. The normalized spacial score (nSPS) is 11.7. The first-order chi connectivity index (χ1) is 69.0. The fraction of sp³-hybridized carbons (Fsp3) is 0.0952. The number of phenols is 11. The molecule has 4 heterocycles. The number of nitrogens with one attached hydrogen (secondary N) is 5. The number of nitriles is 6. The van der Waals surface area contributed by atoms with E-state index in [1.54, 1.807) is 25.1 Å². The molecule has 1 aliphatic carbocycles. The van der Waals surface area contributed by atoms with Crippen molar-refractivity contribution in [1.29, 1.82) is 31.6 Å². The van der Waals surface area contributed by atoms with Crippen molar-refractivity contribution in [3.05, 3.63) is 286 Å². The number of aromatic hydroxyl groups is 11. The lowest BCUT2D eigenvalue weighted by Gasteiger charge is -2.09. The molecule has 0 spiro atoms. The standard InChI is InChI=1S/C16H13N5O6.C15H11N5O6.C14H9N5O6.C14H8N4O7.C13H11N3O6.C12H11N3O6/c1-27-13-5-9(4-12(15(13)23)21(25)26)14(22)11(6-17)16(24)19-7-10-2-3-18-8-20-10;16-5-10(15(24)18-6-9-1-2-17-7-19-9)13(22)8-3-11(20(25)26)14(23)12(21)4-8;15-5-8(14(23)18-11-6-16-1-2-17-11)12(21)7-3-9(19(24)25)13(22)10(20)4-7;15-3-7(8-4-17-9(5-16-8)14(22)23)12(20)6-1-10(18(24)25)13(21)11(19)2-6;14-5-8(13(20)15-7-1-2-7)11(18)6-3-9(16(21)22)12(19)10(17)4-6;1-2-14-12(19)7(5-13)10(17)6-3-8(15(20)21)11(18)9(16)4-6/h2-5,8,22-23H,7H2,1H3,(H,19,24);1-4,7,21-23H,6H2,(H,18,24);1-4,6,20-22H,(H,17,18,23);1-2,4-5,19-21H,(H,22,23);3-4,7,17-19H,1-2H2,(H,15,20);3-4,16-18H,2H2,1H3,(H,14,19)/b14-11-;13-10-;12-8-;12-7-;11-8-;10-7-. The van der Waals surface area contributed by atoms with Gasteiger partial charge in [0, 0.05) is 107 Å². The number of benzene rings is 6. The fourth-order valence-electron chi connectivity index (χ4n) is 10.8.